The molecule has 0 aliphatic rings. The quantitative estimate of drug-likeness (QED) is 0.389. The standard InChI is InChI=1S/C16H14ClIO3S/c1-2-22(20,21)16(17,18)15(19)14-10-8-13(9-11-14)12-6-4-3-5-7-12/h3-11H,2H2,1H3. The lowest BCUT2D eigenvalue weighted by atomic mass is 10.0. The predicted molar refractivity (Wildman–Crippen MR) is 98.3 cm³/mol. The van der Waals surface area contributed by atoms with Gasteiger partial charge in [0, 0.05) is 5.56 Å². The summed E-state index contributed by atoms with van der Waals surface area (Å²) in [7, 11) is -3.70. The zero-order chi connectivity index (χ0) is 16.4. The minimum Gasteiger partial charge on any atom is -0.290 e. The van der Waals surface area contributed by atoms with Gasteiger partial charge in [-0.15, -0.1) is 0 Å². The first-order chi connectivity index (χ1) is 10.3. The van der Waals surface area contributed by atoms with Crippen molar-refractivity contribution in [3.05, 3.63) is 60.2 Å². The van der Waals surface area contributed by atoms with E-state index in [1.807, 2.05) is 30.3 Å². The summed E-state index contributed by atoms with van der Waals surface area (Å²) in [6.07, 6.45) is 0. The molecule has 0 amide bonds. The van der Waals surface area contributed by atoms with Crippen molar-refractivity contribution in [2.45, 2.75) is 9.14 Å². The van der Waals surface area contributed by atoms with Gasteiger partial charge in [-0.05, 0) is 33.7 Å². The van der Waals surface area contributed by atoms with Gasteiger partial charge >= 0.3 is 0 Å². The lowest BCUT2D eigenvalue weighted by molar-refractivity contribution is 0.100. The van der Waals surface area contributed by atoms with Crippen LogP contribution in [0.4, 0.5) is 0 Å². The molecule has 0 bridgehead atoms. The van der Waals surface area contributed by atoms with Crippen molar-refractivity contribution >= 4 is 49.8 Å². The Labute approximate surface area is 148 Å². The van der Waals surface area contributed by atoms with Crippen molar-refractivity contribution in [3.8, 4) is 11.1 Å². The summed E-state index contributed by atoms with van der Waals surface area (Å²) in [5.41, 5.74) is 2.25. The van der Waals surface area contributed by atoms with Gasteiger partial charge in [0.15, 0.2) is 9.84 Å². The average Bonchev–Trinajstić information content (AvgIpc) is 2.55. The lowest BCUT2D eigenvalue weighted by Crippen LogP contribution is -2.36. The predicted octanol–water partition coefficient (Wildman–Crippen LogP) is 4.30. The molecule has 6 heteroatoms. The van der Waals surface area contributed by atoms with Gasteiger partial charge in [0.2, 0.25) is 5.78 Å². The second kappa shape index (κ2) is 6.68. The van der Waals surface area contributed by atoms with E-state index in [4.69, 9.17) is 11.6 Å². The summed E-state index contributed by atoms with van der Waals surface area (Å²) in [6.45, 7) is 1.47. The Kier molecular flexibility index (Phi) is 5.29. The fraction of sp³-hybridized carbons (Fsp3) is 0.188. The van der Waals surface area contributed by atoms with Gasteiger partial charge in [-0.2, -0.15) is 0 Å². The molecule has 0 N–H and O–H groups in total. The molecule has 22 heavy (non-hydrogen) atoms. The topological polar surface area (TPSA) is 51.2 Å². The summed E-state index contributed by atoms with van der Waals surface area (Å²) >= 11 is 7.52. The molecule has 0 radical (unpaired) electrons. The molecule has 0 aliphatic heterocycles. The zero-order valence-corrected chi connectivity index (χ0v) is 15.5. The molecular weight excluding hydrogens is 435 g/mol. The smallest absolute Gasteiger partial charge is 0.257 e. The normalized spacial score (nSPS) is 14.3. The van der Waals surface area contributed by atoms with Gasteiger partial charge < -0.3 is 0 Å². The van der Waals surface area contributed by atoms with E-state index in [1.165, 1.54) is 29.5 Å². The van der Waals surface area contributed by atoms with Crippen LogP contribution in [-0.4, -0.2) is 22.2 Å². The van der Waals surface area contributed by atoms with Gasteiger partial charge in [-0.1, -0.05) is 73.1 Å². The maximum absolute atomic E-state index is 12.4. The van der Waals surface area contributed by atoms with Crippen molar-refractivity contribution in [1.29, 1.82) is 0 Å². The molecule has 2 rings (SSSR count). The minimum atomic E-state index is -3.70. The maximum atomic E-state index is 12.4. The summed E-state index contributed by atoms with van der Waals surface area (Å²) in [4.78, 5) is 12.4. The van der Waals surface area contributed by atoms with Gasteiger partial charge in [0.25, 0.3) is 2.21 Å². The molecule has 1 atom stereocenters. The van der Waals surface area contributed by atoms with Crippen LogP contribution >= 0.6 is 34.2 Å². The molecule has 0 aromatic heterocycles. The largest absolute Gasteiger partial charge is 0.290 e. The number of Topliss-reactive ketones (excluding diaryl/α,β-unsaturated/α-hetero) is 1. The number of carbonyl (C=O) groups is 1. The monoisotopic (exact) mass is 448 g/mol. The molecule has 0 fully saturated rings. The fourth-order valence-electron chi connectivity index (χ4n) is 1.94. The maximum Gasteiger partial charge on any atom is 0.257 e. The van der Waals surface area contributed by atoms with Gasteiger partial charge in [0.05, 0.1) is 5.75 Å². The van der Waals surface area contributed by atoms with E-state index in [2.05, 4.69) is 0 Å². The molecule has 3 nitrogen and oxygen atoms in total. The van der Waals surface area contributed by atoms with Crippen LogP contribution < -0.4 is 0 Å². The van der Waals surface area contributed by atoms with Gasteiger partial charge in [-0.25, -0.2) is 8.42 Å². The second-order valence-electron chi connectivity index (χ2n) is 4.69. The first-order valence-electron chi connectivity index (χ1n) is 6.60. The Morgan fingerprint density at radius 3 is 2.05 bits per heavy atom. The highest BCUT2D eigenvalue weighted by Crippen LogP contribution is 2.36. The van der Waals surface area contributed by atoms with Crippen molar-refractivity contribution in [1.82, 2.24) is 0 Å². The number of carbonyl (C=O) groups excluding carboxylic acids is 1. The van der Waals surface area contributed by atoms with Crippen molar-refractivity contribution in [3.63, 3.8) is 0 Å². The van der Waals surface area contributed by atoms with Crippen molar-refractivity contribution in [2.24, 2.45) is 0 Å². The average molecular weight is 449 g/mol. The SMILES string of the molecule is CCS(=O)(=O)C(Cl)(I)C(=O)c1ccc(-c2ccccc2)cc1. The first-order valence-corrected chi connectivity index (χ1v) is 9.71. The van der Waals surface area contributed by atoms with Crippen LogP contribution in [0, 0.1) is 0 Å². The second-order valence-corrected chi connectivity index (χ2v) is 10.9. The highest BCUT2D eigenvalue weighted by molar-refractivity contribution is 14.1. The van der Waals surface area contributed by atoms with E-state index in [0.717, 1.165) is 11.1 Å². The number of alkyl halides is 2. The van der Waals surface area contributed by atoms with E-state index in [1.54, 1.807) is 24.3 Å². The Hall–Kier alpha value is -0.920. The lowest BCUT2D eigenvalue weighted by Gasteiger charge is -2.18. The van der Waals surface area contributed by atoms with Crippen molar-refractivity contribution in [2.75, 3.05) is 5.75 Å². The molecule has 0 aliphatic carbocycles. The molecule has 1 unspecified atom stereocenters. The highest BCUT2D eigenvalue weighted by atomic mass is 127. The van der Waals surface area contributed by atoms with E-state index >= 15 is 0 Å². The Bertz CT molecular complexity index is 769. The van der Waals surface area contributed by atoms with Crippen LogP contribution in [0.2, 0.25) is 0 Å². The fourth-order valence-corrected chi connectivity index (χ4v) is 4.38. The summed E-state index contributed by atoms with van der Waals surface area (Å²) in [5.74, 6) is -0.802. The van der Waals surface area contributed by atoms with Crippen LogP contribution in [-0.2, 0) is 9.84 Å². The van der Waals surface area contributed by atoms with Gasteiger partial charge in [0.1, 0.15) is 0 Å². The van der Waals surface area contributed by atoms with E-state index in [9.17, 15) is 13.2 Å². The van der Waals surface area contributed by atoms with Crippen LogP contribution in [0.3, 0.4) is 0 Å². The Balaban J connectivity index is 2.33. The van der Waals surface area contributed by atoms with Gasteiger partial charge in [-0.3, -0.25) is 4.79 Å². The number of halogens is 2. The number of hydrogen-bond donors (Lipinski definition) is 0. The minimum absolute atomic E-state index is 0.187. The molecular formula is C16H14ClIO3S. The number of ketones is 1. The third-order valence-electron chi connectivity index (χ3n) is 3.29. The third kappa shape index (κ3) is 3.36. The van der Waals surface area contributed by atoms with E-state index in [0.29, 0.717) is 0 Å². The van der Waals surface area contributed by atoms with Crippen molar-refractivity contribution < 1.29 is 13.2 Å². The summed E-state index contributed by atoms with van der Waals surface area (Å²) in [5, 5.41) is 0. The third-order valence-corrected chi connectivity index (χ3v) is 8.40. The Morgan fingerprint density at radius 2 is 1.55 bits per heavy atom. The number of rotatable bonds is 5. The summed E-state index contributed by atoms with van der Waals surface area (Å²) in [6, 6.07) is 16.5. The number of benzene rings is 2. The number of sulfone groups is 1. The molecule has 2 aromatic rings. The van der Waals surface area contributed by atoms with Crippen LogP contribution in [0.1, 0.15) is 17.3 Å². The van der Waals surface area contributed by atoms with E-state index < -0.39 is 17.8 Å². The Morgan fingerprint density at radius 1 is 1.05 bits per heavy atom. The molecule has 0 heterocycles. The summed E-state index contributed by atoms with van der Waals surface area (Å²) < 4.78 is 22.0. The van der Waals surface area contributed by atoms with E-state index in [-0.39, 0.29) is 11.3 Å². The first kappa shape index (κ1) is 17.4. The van der Waals surface area contributed by atoms with Crippen LogP contribution in [0.5, 0.6) is 0 Å². The number of hydrogen-bond acceptors (Lipinski definition) is 3. The van der Waals surface area contributed by atoms with Crippen LogP contribution in [0.15, 0.2) is 54.6 Å². The highest BCUT2D eigenvalue weighted by Gasteiger charge is 2.45. The zero-order valence-electron chi connectivity index (χ0n) is 11.8. The molecule has 0 saturated carbocycles. The molecule has 0 spiro atoms. The molecule has 116 valence electrons. The van der Waals surface area contributed by atoms with Crippen LogP contribution in [0.25, 0.3) is 11.1 Å². The molecule has 2 aromatic carbocycles. The molecule has 0 saturated heterocycles.